The molecule has 10 heteroatoms. The van der Waals surface area contributed by atoms with Gasteiger partial charge >= 0.3 is 0 Å². The van der Waals surface area contributed by atoms with Crippen molar-refractivity contribution >= 4 is 40.0 Å². The summed E-state index contributed by atoms with van der Waals surface area (Å²) in [6.45, 7) is 1.93. The van der Waals surface area contributed by atoms with E-state index in [-0.39, 0.29) is 17.6 Å². The van der Waals surface area contributed by atoms with Crippen LogP contribution < -0.4 is 16.0 Å². The number of aromatic nitrogens is 4. The van der Waals surface area contributed by atoms with Gasteiger partial charge in [0.25, 0.3) is 5.91 Å². The molecule has 1 aliphatic rings. The topological polar surface area (TPSA) is 114 Å². The van der Waals surface area contributed by atoms with E-state index in [1.807, 2.05) is 42.6 Å². The average Bonchev–Trinajstić information content (AvgIpc) is 3.43. The standard InChI is InChI=1S/C21H19N7O2S/c1-12-9-19(29)26-21(23-12)28-18(10-15(27-28)17-7-4-8-31-17)25-20(30)16-11-22-13-5-2-3-6-14(13)24-16/h2-8,10-12,21,23H,9H2,1H3,(H,25,30)(H,26,29). The molecule has 0 spiro atoms. The number of benzene rings is 1. The molecule has 1 fully saturated rings. The Morgan fingerprint density at radius 3 is 2.84 bits per heavy atom. The fourth-order valence-corrected chi connectivity index (χ4v) is 4.15. The molecular formula is C21H19N7O2S. The van der Waals surface area contributed by atoms with Crippen LogP contribution >= 0.6 is 11.3 Å². The average molecular weight is 433 g/mol. The maximum atomic E-state index is 13.0. The molecule has 1 saturated heterocycles. The number of thiophene rings is 1. The Kier molecular flexibility index (Phi) is 4.92. The maximum absolute atomic E-state index is 13.0. The molecule has 31 heavy (non-hydrogen) atoms. The lowest BCUT2D eigenvalue weighted by Crippen LogP contribution is -2.52. The number of nitrogens with zero attached hydrogens (tertiary/aromatic N) is 4. The van der Waals surface area contributed by atoms with Crippen molar-refractivity contribution in [3.63, 3.8) is 0 Å². The number of fused-ring (bicyclic) bond motifs is 1. The number of nitrogens with one attached hydrogen (secondary N) is 3. The van der Waals surface area contributed by atoms with Crippen LogP contribution in [0.5, 0.6) is 0 Å². The van der Waals surface area contributed by atoms with Gasteiger partial charge in [0.15, 0.2) is 6.29 Å². The Labute approximate surface area is 181 Å². The quantitative estimate of drug-likeness (QED) is 0.456. The van der Waals surface area contributed by atoms with Gasteiger partial charge in [-0.3, -0.25) is 19.9 Å². The normalized spacial score (nSPS) is 18.7. The van der Waals surface area contributed by atoms with Gasteiger partial charge < -0.3 is 10.6 Å². The van der Waals surface area contributed by atoms with Crippen LogP contribution in [-0.2, 0) is 4.79 Å². The van der Waals surface area contributed by atoms with E-state index in [1.165, 1.54) is 6.20 Å². The summed E-state index contributed by atoms with van der Waals surface area (Å²) >= 11 is 1.54. The third-order valence-electron chi connectivity index (χ3n) is 4.91. The lowest BCUT2D eigenvalue weighted by Gasteiger charge is -2.30. The van der Waals surface area contributed by atoms with E-state index in [0.717, 1.165) is 4.88 Å². The van der Waals surface area contributed by atoms with Gasteiger partial charge in [0, 0.05) is 18.5 Å². The van der Waals surface area contributed by atoms with E-state index in [2.05, 4.69) is 31.0 Å². The van der Waals surface area contributed by atoms with Crippen LogP contribution in [0.4, 0.5) is 5.82 Å². The molecule has 2 atom stereocenters. The molecule has 0 saturated carbocycles. The smallest absolute Gasteiger partial charge is 0.277 e. The number of rotatable bonds is 4. The third kappa shape index (κ3) is 3.90. The molecule has 0 bridgehead atoms. The summed E-state index contributed by atoms with van der Waals surface area (Å²) in [6.07, 6.45) is 1.24. The largest absolute Gasteiger partial charge is 0.322 e. The molecule has 4 heterocycles. The molecule has 156 valence electrons. The van der Waals surface area contributed by atoms with Crippen LogP contribution in [0.3, 0.4) is 0 Å². The fraction of sp³-hybridized carbons (Fsp3) is 0.190. The maximum Gasteiger partial charge on any atom is 0.277 e. The first-order valence-corrected chi connectivity index (χ1v) is 10.7. The Bertz CT molecular complexity index is 1270. The van der Waals surface area contributed by atoms with Gasteiger partial charge in [-0.25, -0.2) is 9.67 Å². The molecular weight excluding hydrogens is 414 g/mol. The van der Waals surface area contributed by atoms with Crippen molar-refractivity contribution in [2.75, 3.05) is 5.32 Å². The molecule has 0 radical (unpaired) electrons. The molecule has 3 N–H and O–H groups in total. The van der Waals surface area contributed by atoms with Gasteiger partial charge in [0.1, 0.15) is 17.2 Å². The van der Waals surface area contributed by atoms with E-state index in [1.54, 1.807) is 28.2 Å². The van der Waals surface area contributed by atoms with Crippen LogP contribution in [-0.4, -0.2) is 37.6 Å². The summed E-state index contributed by atoms with van der Waals surface area (Å²) in [7, 11) is 0. The van der Waals surface area contributed by atoms with E-state index in [0.29, 0.717) is 29.0 Å². The number of anilines is 1. The molecule has 1 aliphatic heterocycles. The number of hydrogen-bond donors (Lipinski definition) is 3. The van der Waals surface area contributed by atoms with Crippen molar-refractivity contribution < 1.29 is 9.59 Å². The second kappa shape index (κ2) is 7.89. The summed E-state index contributed by atoms with van der Waals surface area (Å²) in [5.74, 6) is -0.0512. The van der Waals surface area contributed by atoms with Crippen molar-refractivity contribution in [3.05, 3.63) is 59.7 Å². The Morgan fingerprint density at radius 2 is 2.06 bits per heavy atom. The Morgan fingerprint density at radius 1 is 1.23 bits per heavy atom. The number of carbonyl (C=O) groups excluding carboxylic acids is 2. The summed E-state index contributed by atoms with van der Waals surface area (Å²) in [5, 5.41) is 15.6. The van der Waals surface area contributed by atoms with Crippen LogP contribution in [0.25, 0.3) is 21.6 Å². The molecule has 2 amide bonds. The highest BCUT2D eigenvalue weighted by Gasteiger charge is 2.27. The van der Waals surface area contributed by atoms with Gasteiger partial charge in [-0.1, -0.05) is 18.2 Å². The van der Waals surface area contributed by atoms with Gasteiger partial charge in [-0.2, -0.15) is 5.10 Å². The van der Waals surface area contributed by atoms with Gasteiger partial charge in [0.05, 0.1) is 22.1 Å². The van der Waals surface area contributed by atoms with E-state index in [9.17, 15) is 9.59 Å². The van der Waals surface area contributed by atoms with Crippen molar-refractivity contribution in [1.29, 1.82) is 0 Å². The Balaban J connectivity index is 1.49. The minimum absolute atomic E-state index is 0.0250. The zero-order valence-corrected chi connectivity index (χ0v) is 17.4. The number of hydrogen-bond acceptors (Lipinski definition) is 7. The second-order valence-electron chi connectivity index (χ2n) is 7.28. The lowest BCUT2D eigenvalue weighted by atomic mass is 10.2. The lowest BCUT2D eigenvalue weighted by molar-refractivity contribution is -0.125. The number of para-hydroxylation sites is 2. The summed E-state index contributed by atoms with van der Waals surface area (Å²) in [5.41, 5.74) is 2.24. The minimum atomic E-state index is -0.581. The third-order valence-corrected chi connectivity index (χ3v) is 5.80. The summed E-state index contributed by atoms with van der Waals surface area (Å²) in [4.78, 5) is 34.7. The van der Waals surface area contributed by atoms with Gasteiger partial charge in [0.2, 0.25) is 5.91 Å². The predicted octanol–water partition coefficient (Wildman–Crippen LogP) is 2.76. The molecule has 9 nitrogen and oxygen atoms in total. The van der Waals surface area contributed by atoms with Crippen LogP contribution in [0.15, 0.2) is 54.0 Å². The molecule has 1 aromatic carbocycles. The predicted molar refractivity (Wildman–Crippen MR) is 117 cm³/mol. The van der Waals surface area contributed by atoms with E-state index < -0.39 is 12.2 Å². The zero-order chi connectivity index (χ0) is 21.4. The van der Waals surface area contributed by atoms with Crippen LogP contribution in [0, 0.1) is 0 Å². The van der Waals surface area contributed by atoms with Gasteiger partial charge in [-0.05, 0) is 30.5 Å². The fourth-order valence-electron chi connectivity index (χ4n) is 3.47. The SMILES string of the molecule is CC1CC(=O)NC(n2nc(-c3cccs3)cc2NC(=O)c2cnc3ccccc3n2)N1. The first-order valence-electron chi connectivity index (χ1n) is 9.79. The highest BCUT2D eigenvalue weighted by molar-refractivity contribution is 7.13. The van der Waals surface area contributed by atoms with E-state index in [4.69, 9.17) is 0 Å². The summed E-state index contributed by atoms with van der Waals surface area (Å²) in [6, 6.07) is 13.0. The zero-order valence-electron chi connectivity index (χ0n) is 16.6. The van der Waals surface area contributed by atoms with Crippen molar-refractivity contribution in [1.82, 2.24) is 30.4 Å². The van der Waals surface area contributed by atoms with Crippen LogP contribution in [0.1, 0.15) is 30.1 Å². The Hall–Kier alpha value is -3.63. The first kappa shape index (κ1) is 19.3. The highest BCUT2D eigenvalue weighted by Crippen LogP contribution is 2.28. The molecule has 4 aromatic rings. The molecule has 2 unspecified atom stereocenters. The van der Waals surface area contributed by atoms with Gasteiger partial charge in [-0.15, -0.1) is 11.3 Å². The van der Waals surface area contributed by atoms with Crippen molar-refractivity contribution in [2.24, 2.45) is 0 Å². The molecule has 3 aromatic heterocycles. The highest BCUT2D eigenvalue weighted by atomic mass is 32.1. The number of carbonyl (C=O) groups is 2. The minimum Gasteiger partial charge on any atom is -0.322 e. The number of amides is 2. The van der Waals surface area contributed by atoms with Crippen LogP contribution in [0.2, 0.25) is 0 Å². The molecule has 5 rings (SSSR count). The summed E-state index contributed by atoms with van der Waals surface area (Å²) < 4.78 is 1.58. The monoisotopic (exact) mass is 433 g/mol. The van der Waals surface area contributed by atoms with Crippen molar-refractivity contribution in [3.8, 4) is 10.6 Å². The molecule has 0 aliphatic carbocycles. The second-order valence-corrected chi connectivity index (χ2v) is 8.22. The first-order chi connectivity index (χ1) is 15.1. The van der Waals surface area contributed by atoms with Crippen molar-refractivity contribution in [2.45, 2.75) is 25.7 Å². The van der Waals surface area contributed by atoms with E-state index >= 15 is 0 Å².